The second-order valence-corrected chi connectivity index (χ2v) is 6.25. The predicted octanol–water partition coefficient (Wildman–Crippen LogP) is 4.90. The van der Waals surface area contributed by atoms with Crippen LogP contribution >= 0.6 is 23.2 Å². The van der Waals surface area contributed by atoms with E-state index < -0.39 is 6.10 Å². The molecule has 0 radical (unpaired) electrons. The molecule has 128 valence electrons. The maximum atomic E-state index is 12.3. The van der Waals surface area contributed by atoms with Crippen molar-refractivity contribution in [3.05, 3.63) is 64.1 Å². The van der Waals surface area contributed by atoms with Crippen LogP contribution in [0.3, 0.4) is 0 Å². The Morgan fingerprint density at radius 1 is 1.08 bits per heavy atom. The van der Waals surface area contributed by atoms with E-state index in [0.29, 0.717) is 23.7 Å². The van der Waals surface area contributed by atoms with Gasteiger partial charge in [0.25, 0.3) is 5.91 Å². The Labute approximate surface area is 152 Å². The molecule has 0 aliphatic carbocycles. The zero-order valence-corrected chi connectivity index (χ0v) is 15.1. The van der Waals surface area contributed by atoms with Crippen molar-refractivity contribution in [2.24, 2.45) is 0 Å². The molecule has 1 atom stereocenters. The van der Waals surface area contributed by atoms with Crippen LogP contribution in [0, 0.1) is 0 Å². The van der Waals surface area contributed by atoms with Gasteiger partial charge in [-0.3, -0.25) is 4.79 Å². The summed E-state index contributed by atoms with van der Waals surface area (Å²) in [5.41, 5.74) is 1.09. The van der Waals surface area contributed by atoms with Gasteiger partial charge >= 0.3 is 0 Å². The Morgan fingerprint density at radius 2 is 1.75 bits per heavy atom. The molecule has 5 heteroatoms. The lowest BCUT2D eigenvalue weighted by Gasteiger charge is -2.18. The van der Waals surface area contributed by atoms with Crippen LogP contribution in [0.4, 0.5) is 0 Å². The highest BCUT2D eigenvalue weighted by Crippen LogP contribution is 2.24. The van der Waals surface area contributed by atoms with Gasteiger partial charge in [-0.1, -0.05) is 60.5 Å². The van der Waals surface area contributed by atoms with Gasteiger partial charge in [-0.15, -0.1) is 0 Å². The minimum Gasteiger partial charge on any atom is -0.479 e. The molecule has 1 amide bonds. The summed E-state index contributed by atoms with van der Waals surface area (Å²) in [4.78, 5) is 12.3. The summed E-state index contributed by atoms with van der Waals surface area (Å²) in [6.07, 6.45) is 1.66. The van der Waals surface area contributed by atoms with E-state index in [-0.39, 0.29) is 5.91 Å². The van der Waals surface area contributed by atoms with E-state index in [1.807, 2.05) is 43.3 Å². The van der Waals surface area contributed by atoms with Gasteiger partial charge in [0, 0.05) is 11.6 Å². The van der Waals surface area contributed by atoms with Crippen molar-refractivity contribution in [2.75, 3.05) is 6.54 Å². The topological polar surface area (TPSA) is 38.3 Å². The Bertz CT molecular complexity index is 676. The molecule has 0 spiro atoms. The molecule has 0 heterocycles. The predicted molar refractivity (Wildman–Crippen MR) is 98.9 cm³/mol. The van der Waals surface area contributed by atoms with Gasteiger partial charge in [0.05, 0.1) is 5.02 Å². The highest BCUT2D eigenvalue weighted by Gasteiger charge is 2.18. The molecule has 1 N–H and O–H groups in total. The van der Waals surface area contributed by atoms with Crippen LogP contribution in [0.25, 0.3) is 0 Å². The minimum atomic E-state index is -0.551. The van der Waals surface area contributed by atoms with Crippen molar-refractivity contribution in [2.45, 2.75) is 32.3 Å². The van der Waals surface area contributed by atoms with Crippen LogP contribution in [0.15, 0.2) is 48.5 Å². The van der Waals surface area contributed by atoms with Gasteiger partial charge in [0.1, 0.15) is 5.75 Å². The molecule has 2 rings (SSSR count). The van der Waals surface area contributed by atoms with E-state index >= 15 is 0 Å². The van der Waals surface area contributed by atoms with Gasteiger partial charge in [-0.05, 0) is 43.0 Å². The molecule has 2 aromatic carbocycles. The fraction of sp³-hybridized carbons (Fsp3) is 0.316. The van der Waals surface area contributed by atoms with Crippen LogP contribution in [-0.4, -0.2) is 18.6 Å². The maximum absolute atomic E-state index is 12.3. The number of halogens is 2. The third kappa shape index (κ3) is 5.43. The molecule has 0 unspecified atom stereocenters. The first kappa shape index (κ1) is 18.6. The third-order valence-electron chi connectivity index (χ3n) is 3.65. The molecule has 24 heavy (non-hydrogen) atoms. The number of hydrogen-bond acceptors (Lipinski definition) is 2. The van der Waals surface area contributed by atoms with Crippen molar-refractivity contribution in [1.29, 1.82) is 0 Å². The molecule has 0 fully saturated rings. The van der Waals surface area contributed by atoms with E-state index in [9.17, 15) is 4.79 Å². The number of carbonyl (C=O) groups excluding carboxylic acids is 1. The summed E-state index contributed by atoms with van der Waals surface area (Å²) >= 11 is 12.2. The number of ether oxygens (including phenoxy) is 1. The Hall–Kier alpha value is -1.71. The van der Waals surface area contributed by atoms with Gasteiger partial charge in [-0.2, -0.15) is 0 Å². The van der Waals surface area contributed by atoms with Crippen molar-refractivity contribution in [1.82, 2.24) is 5.32 Å². The van der Waals surface area contributed by atoms with E-state index in [0.717, 1.165) is 23.4 Å². The molecule has 0 bridgehead atoms. The zero-order valence-electron chi connectivity index (χ0n) is 13.6. The molecule has 0 aromatic heterocycles. The second kappa shape index (κ2) is 9.55. The molecular weight excluding hydrogens is 345 g/mol. The van der Waals surface area contributed by atoms with Gasteiger partial charge in [-0.25, -0.2) is 0 Å². The Morgan fingerprint density at radius 3 is 2.42 bits per heavy atom. The van der Waals surface area contributed by atoms with Crippen LogP contribution in [0.2, 0.25) is 10.0 Å². The second-order valence-electron chi connectivity index (χ2n) is 5.43. The van der Waals surface area contributed by atoms with Gasteiger partial charge in [0.2, 0.25) is 0 Å². The molecule has 0 aliphatic rings. The largest absolute Gasteiger partial charge is 0.479 e. The number of carbonyl (C=O) groups is 1. The first-order valence-electron chi connectivity index (χ1n) is 8.04. The first-order valence-corrected chi connectivity index (χ1v) is 8.79. The summed E-state index contributed by atoms with van der Waals surface area (Å²) in [5.74, 6) is 0.397. The quantitative estimate of drug-likeness (QED) is 0.675. The SMILES string of the molecule is CC[C@@H](Oc1ccccc1Cl)C(=O)NCCCc1ccccc1Cl. The van der Waals surface area contributed by atoms with E-state index in [1.165, 1.54) is 0 Å². The normalized spacial score (nSPS) is 11.8. The zero-order chi connectivity index (χ0) is 17.4. The number of aryl methyl sites for hydroxylation is 1. The van der Waals surface area contributed by atoms with Crippen molar-refractivity contribution in [3.63, 3.8) is 0 Å². The highest BCUT2D eigenvalue weighted by molar-refractivity contribution is 6.32. The van der Waals surface area contributed by atoms with E-state index in [1.54, 1.807) is 12.1 Å². The van der Waals surface area contributed by atoms with Crippen LogP contribution in [0.5, 0.6) is 5.75 Å². The summed E-state index contributed by atoms with van der Waals surface area (Å²) < 4.78 is 5.73. The maximum Gasteiger partial charge on any atom is 0.261 e. The average Bonchev–Trinajstić information content (AvgIpc) is 2.59. The number of nitrogens with one attached hydrogen (secondary N) is 1. The summed E-state index contributed by atoms with van der Waals surface area (Å²) in [5, 5.41) is 4.18. The lowest BCUT2D eigenvalue weighted by atomic mass is 10.1. The Kier molecular flexibility index (Phi) is 7.41. The first-order chi connectivity index (χ1) is 11.6. The minimum absolute atomic E-state index is 0.128. The van der Waals surface area contributed by atoms with Crippen molar-refractivity contribution >= 4 is 29.1 Å². The number of rotatable bonds is 8. The molecule has 0 aliphatic heterocycles. The summed E-state index contributed by atoms with van der Waals surface area (Å²) in [7, 11) is 0. The highest BCUT2D eigenvalue weighted by atomic mass is 35.5. The number of para-hydroxylation sites is 1. The number of amides is 1. The number of hydrogen-bond donors (Lipinski definition) is 1. The van der Waals surface area contributed by atoms with Crippen LogP contribution in [-0.2, 0) is 11.2 Å². The Balaban J connectivity index is 1.80. The lowest BCUT2D eigenvalue weighted by Crippen LogP contribution is -2.38. The van der Waals surface area contributed by atoms with Crippen LogP contribution in [0.1, 0.15) is 25.3 Å². The fourth-order valence-electron chi connectivity index (χ4n) is 2.32. The third-order valence-corrected chi connectivity index (χ3v) is 4.33. The van der Waals surface area contributed by atoms with E-state index in [4.69, 9.17) is 27.9 Å². The van der Waals surface area contributed by atoms with Crippen molar-refractivity contribution in [3.8, 4) is 5.75 Å². The fourth-order valence-corrected chi connectivity index (χ4v) is 2.73. The molecule has 0 saturated heterocycles. The number of benzene rings is 2. The van der Waals surface area contributed by atoms with Crippen molar-refractivity contribution < 1.29 is 9.53 Å². The van der Waals surface area contributed by atoms with E-state index in [2.05, 4.69) is 5.32 Å². The molecule has 2 aromatic rings. The summed E-state index contributed by atoms with van der Waals surface area (Å²) in [6.45, 7) is 2.48. The van der Waals surface area contributed by atoms with Gasteiger partial charge < -0.3 is 10.1 Å². The monoisotopic (exact) mass is 365 g/mol. The average molecular weight is 366 g/mol. The van der Waals surface area contributed by atoms with Crippen LogP contribution < -0.4 is 10.1 Å². The molecular formula is C19H21Cl2NO2. The lowest BCUT2D eigenvalue weighted by molar-refractivity contribution is -0.128. The smallest absolute Gasteiger partial charge is 0.261 e. The standard InChI is InChI=1S/C19H21Cl2NO2/c1-2-17(24-18-12-6-5-11-16(18)21)19(23)22-13-7-9-14-8-3-4-10-15(14)20/h3-6,8,10-12,17H,2,7,9,13H2,1H3,(H,22,23)/t17-/m1/s1. The molecule has 0 saturated carbocycles. The van der Waals surface area contributed by atoms with Gasteiger partial charge in [0.15, 0.2) is 6.10 Å². The molecule has 3 nitrogen and oxygen atoms in total. The summed E-state index contributed by atoms with van der Waals surface area (Å²) in [6, 6.07) is 14.9.